The fourth-order valence-electron chi connectivity index (χ4n) is 4.72. The molecule has 0 fully saturated rings. The van der Waals surface area contributed by atoms with Gasteiger partial charge < -0.3 is 24.6 Å². The first-order valence-electron chi connectivity index (χ1n) is 12.5. The molecule has 1 aliphatic heterocycles. The van der Waals surface area contributed by atoms with Gasteiger partial charge in [-0.15, -0.1) is 22.9 Å². The molecule has 0 bridgehead atoms. The molecule has 2 aromatic carbocycles. The predicted molar refractivity (Wildman–Crippen MR) is 156 cm³/mol. The standard InChI is InChI=1S/C28H28ClN5O5S/c1-28(2,3)39-27(38)32-22-13-33(4)24(31-22)25(36)30-16-9-21(40-14-16)26(37)34-12-15(11-29)23-18-8-6-5-7-17(18)20(35)10-19(23)34/h5-10,13-15,35H,11-12H2,1-4H3,(H,30,36)(H,32,38)/t15-/m1/s1. The summed E-state index contributed by atoms with van der Waals surface area (Å²) in [7, 11) is 1.63. The SMILES string of the molecule is Cn1cc(NC(=O)OC(C)(C)C)nc1C(=O)Nc1csc(C(=O)N2C[C@@H](CCl)c3c2cc(O)c2ccccc32)c1. The highest BCUT2D eigenvalue weighted by atomic mass is 35.5. The van der Waals surface area contributed by atoms with E-state index in [0.717, 1.165) is 10.9 Å². The second-order valence-electron chi connectivity index (χ2n) is 10.5. The predicted octanol–water partition coefficient (Wildman–Crippen LogP) is 5.92. The Kier molecular flexibility index (Phi) is 7.19. The smallest absolute Gasteiger partial charge is 0.413 e. The summed E-state index contributed by atoms with van der Waals surface area (Å²) in [6.45, 7) is 5.61. The van der Waals surface area contributed by atoms with Gasteiger partial charge in [-0.25, -0.2) is 9.78 Å². The Morgan fingerprint density at radius 3 is 2.60 bits per heavy atom. The van der Waals surface area contributed by atoms with Crippen molar-refractivity contribution in [2.75, 3.05) is 28.0 Å². The van der Waals surface area contributed by atoms with Gasteiger partial charge in [-0.2, -0.15) is 0 Å². The van der Waals surface area contributed by atoms with Crippen molar-refractivity contribution >= 4 is 68.8 Å². The first-order valence-corrected chi connectivity index (χ1v) is 13.9. The highest BCUT2D eigenvalue weighted by molar-refractivity contribution is 7.12. The van der Waals surface area contributed by atoms with Crippen LogP contribution in [0.15, 0.2) is 48.0 Å². The lowest BCUT2D eigenvalue weighted by atomic mass is 9.95. The maximum Gasteiger partial charge on any atom is 0.413 e. The number of carbonyl (C=O) groups is 3. The number of phenolic OH excluding ortho intramolecular Hbond substituents is 1. The number of hydrogen-bond donors (Lipinski definition) is 3. The number of anilines is 3. The summed E-state index contributed by atoms with van der Waals surface area (Å²) >= 11 is 7.49. The van der Waals surface area contributed by atoms with Gasteiger partial charge in [0.2, 0.25) is 5.82 Å². The molecule has 10 nitrogen and oxygen atoms in total. The average molecular weight is 582 g/mol. The fraction of sp³-hybridized carbons (Fsp3) is 0.286. The van der Waals surface area contributed by atoms with Crippen LogP contribution in [0, 0.1) is 0 Å². The number of thiophene rings is 1. The van der Waals surface area contributed by atoms with Crippen LogP contribution in [0.1, 0.15) is 52.5 Å². The van der Waals surface area contributed by atoms with Crippen molar-refractivity contribution in [3.63, 3.8) is 0 Å². The second-order valence-corrected chi connectivity index (χ2v) is 11.7. The summed E-state index contributed by atoms with van der Waals surface area (Å²) in [6, 6.07) is 10.7. The molecule has 208 valence electrons. The van der Waals surface area contributed by atoms with Gasteiger partial charge in [0.1, 0.15) is 11.4 Å². The number of hydrogen-bond acceptors (Lipinski definition) is 7. The quantitative estimate of drug-likeness (QED) is 0.251. The number of aryl methyl sites for hydroxylation is 1. The maximum atomic E-state index is 13.6. The minimum atomic E-state index is -0.681. The summed E-state index contributed by atoms with van der Waals surface area (Å²) in [4.78, 5) is 44.8. The van der Waals surface area contributed by atoms with E-state index >= 15 is 0 Å². The molecule has 3 N–H and O–H groups in total. The maximum absolute atomic E-state index is 13.6. The van der Waals surface area contributed by atoms with E-state index in [4.69, 9.17) is 16.3 Å². The molecule has 0 spiro atoms. The van der Waals surface area contributed by atoms with Gasteiger partial charge in [0, 0.05) is 48.4 Å². The van der Waals surface area contributed by atoms with Crippen molar-refractivity contribution in [1.82, 2.24) is 9.55 Å². The number of imidazole rings is 1. The van der Waals surface area contributed by atoms with Crippen molar-refractivity contribution in [2.24, 2.45) is 7.05 Å². The fourth-order valence-corrected chi connectivity index (χ4v) is 5.76. The normalized spacial score (nSPS) is 14.7. The van der Waals surface area contributed by atoms with Gasteiger partial charge >= 0.3 is 6.09 Å². The van der Waals surface area contributed by atoms with Gasteiger partial charge in [-0.1, -0.05) is 24.3 Å². The topological polar surface area (TPSA) is 126 Å². The number of nitrogens with one attached hydrogen (secondary N) is 2. The van der Waals surface area contributed by atoms with E-state index in [1.165, 1.54) is 22.1 Å². The Bertz CT molecular complexity index is 1640. The highest BCUT2D eigenvalue weighted by Gasteiger charge is 2.35. The molecule has 1 aliphatic rings. The van der Waals surface area contributed by atoms with Crippen LogP contribution in [0.5, 0.6) is 5.75 Å². The Balaban J connectivity index is 1.32. The lowest BCUT2D eigenvalue weighted by Gasteiger charge is -2.18. The Labute approximate surface area is 239 Å². The minimum absolute atomic E-state index is 0.0610. The number of halogens is 1. The molecule has 2 aromatic heterocycles. The van der Waals surface area contributed by atoms with E-state index < -0.39 is 17.6 Å². The molecule has 0 aliphatic carbocycles. The molecule has 0 unspecified atom stereocenters. The number of rotatable bonds is 5. The minimum Gasteiger partial charge on any atom is -0.507 e. The zero-order valence-corrected chi connectivity index (χ0v) is 23.9. The number of alkyl halides is 1. The zero-order valence-electron chi connectivity index (χ0n) is 22.3. The molecule has 40 heavy (non-hydrogen) atoms. The van der Waals surface area contributed by atoms with Crippen molar-refractivity contribution in [3.05, 3.63) is 64.2 Å². The van der Waals surface area contributed by atoms with E-state index in [0.29, 0.717) is 34.1 Å². The molecule has 3 heterocycles. The van der Waals surface area contributed by atoms with Crippen LogP contribution in [0.2, 0.25) is 0 Å². The van der Waals surface area contributed by atoms with Crippen LogP contribution in [-0.2, 0) is 11.8 Å². The third kappa shape index (κ3) is 5.34. The molecule has 0 saturated heterocycles. The zero-order chi connectivity index (χ0) is 28.8. The molecule has 0 saturated carbocycles. The van der Waals surface area contributed by atoms with Gasteiger partial charge in [0.25, 0.3) is 11.8 Å². The molecular formula is C28H28ClN5O5S. The van der Waals surface area contributed by atoms with Gasteiger partial charge in [0.15, 0.2) is 5.82 Å². The Hall–Kier alpha value is -4.09. The van der Waals surface area contributed by atoms with Crippen LogP contribution in [0.4, 0.5) is 22.0 Å². The first kappa shape index (κ1) is 27.5. The summed E-state index contributed by atoms with van der Waals surface area (Å²) in [5, 5.41) is 19.2. The number of carbonyl (C=O) groups excluding carboxylic acids is 3. The summed E-state index contributed by atoms with van der Waals surface area (Å²) < 4.78 is 6.70. The Morgan fingerprint density at radius 2 is 1.90 bits per heavy atom. The van der Waals surface area contributed by atoms with Crippen LogP contribution >= 0.6 is 22.9 Å². The van der Waals surface area contributed by atoms with E-state index in [2.05, 4.69) is 15.6 Å². The largest absolute Gasteiger partial charge is 0.507 e. The Morgan fingerprint density at radius 1 is 1.18 bits per heavy atom. The number of benzene rings is 2. The number of fused-ring (bicyclic) bond motifs is 3. The molecule has 1 atom stereocenters. The third-order valence-electron chi connectivity index (χ3n) is 6.35. The molecular weight excluding hydrogens is 554 g/mol. The summed E-state index contributed by atoms with van der Waals surface area (Å²) in [5.74, 6) is -0.205. The van der Waals surface area contributed by atoms with E-state index in [-0.39, 0.29) is 29.2 Å². The van der Waals surface area contributed by atoms with Gasteiger partial charge in [0.05, 0.1) is 16.3 Å². The van der Waals surface area contributed by atoms with Crippen LogP contribution in [-0.4, -0.2) is 50.6 Å². The van der Waals surface area contributed by atoms with E-state index in [1.807, 2.05) is 24.3 Å². The highest BCUT2D eigenvalue weighted by Crippen LogP contribution is 2.45. The van der Waals surface area contributed by atoms with Crippen LogP contribution < -0.4 is 15.5 Å². The molecule has 4 aromatic rings. The number of ether oxygens (including phenoxy) is 1. The first-order chi connectivity index (χ1) is 18.9. The van der Waals surface area contributed by atoms with Crippen LogP contribution in [0.25, 0.3) is 10.8 Å². The summed E-state index contributed by atoms with van der Waals surface area (Å²) in [5.41, 5.74) is 1.32. The van der Waals surface area contributed by atoms with Gasteiger partial charge in [-0.3, -0.25) is 14.9 Å². The lowest BCUT2D eigenvalue weighted by molar-refractivity contribution is 0.0634. The summed E-state index contributed by atoms with van der Waals surface area (Å²) in [6.07, 6.45) is 0.818. The molecule has 12 heteroatoms. The van der Waals surface area contributed by atoms with Crippen LogP contribution in [0.3, 0.4) is 0 Å². The second kappa shape index (κ2) is 10.5. The molecule has 5 rings (SSSR count). The van der Waals surface area contributed by atoms with E-state index in [9.17, 15) is 19.5 Å². The number of amides is 3. The number of aromatic hydroxyl groups is 1. The van der Waals surface area contributed by atoms with Crippen molar-refractivity contribution in [2.45, 2.75) is 32.3 Å². The van der Waals surface area contributed by atoms with Crippen molar-refractivity contribution in [1.29, 1.82) is 0 Å². The number of nitrogens with zero attached hydrogens (tertiary/aromatic N) is 3. The average Bonchev–Trinajstić information content (AvgIpc) is 3.59. The van der Waals surface area contributed by atoms with E-state index in [1.54, 1.807) is 50.2 Å². The monoisotopic (exact) mass is 581 g/mol. The van der Waals surface area contributed by atoms with Crippen molar-refractivity contribution < 1.29 is 24.2 Å². The lowest BCUT2D eigenvalue weighted by Crippen LogP contribution is -2.29. The number of aromatic nitrogens is 2. The van der Waals surface area contributed by atoms with Crippen molar-refractivity contribution in [3.8, 4) is 5.75 Å². The number of phenols is 1. The molecule has 0 radical (unpaired) electrons. The third-order valence-corrected chi connectivity index (χ3v) is 7.64. The molecule has 3 amide bonds. The van der Waals surface area contributed by atoms with Gasteiger partial charge in [-0.05, 0) is 37.8 Å².